The van der Waals surface area contributed by atoms with Gasteiger partial charge in [0.05, 0.1) is 11.0 Å². The lowest BCUT2D eigenvalue weighted by Gasteiger charge is -2.22. The quantitative estimate of drug-likeness (QED) is 0.324. The molecule has 1 saturated heterocycles. The first kappa shape index (κ1) is 24.6. The van der Waals surface area contributed by atoms with Gasteiger partial charge < -0.3 is 5.32 Å². The second-order valence-electron chi connectivity index (χ2n) is 10.7. The summed E-state index contributed by atoms with van der Waals surface area (Å²) < 4.78 is 19.6. The summed E-state index contributed by atoms with van der Waals surface area (Å²) in [6, 6.07) is 17.0. The Morgan fingerprint density at radius 3 is 2.77 bits per heavy atom. The maximum absolute atomic E-state index is 14.0. The molecule has 0 amide bonds. The molecule has 200 valence electrons. The zero-order chi connectivity index (χ0) is 27.2. The zero-order valence-electron chi connectivity index (χ0n) is 22.3. The van der Waals surface area contributed by atoms with E-state index in [2.05, 4.69) is 50.6 Å². The lowest BCUT2D eigenvalue weighted by molar-refractivity contribution is -0.505. The first-order valence-electron chi connectivity index (χ1n) is 13.8. The molecule has 2 aliphatic rings. The van der Waals surface area contributed by atoms with Crippen molar-refractivity contribution in [2.75, 3.05) is 13.1 Å². The number of allylic oxidation sites excluding steroid dienone is 1. The number of piperidine rings is 1. The van der Waals surface area contributed by atoms with Crippen molar-refractivity contribution in [1.82, 2.24) is 24.6 Å². The molecule has 2 aliphatic heterocycles. The Hall–Kier alpha value is -4.43. The molecule has 0 saturated carbocycles. The minimum absolute atomic E-state index is 0.168. The van der Waals surface area contributed by atoms with E-state index in [1.54, 1.807) is 12.1 Å². The van der Waals surface area contributed by atoms with Gasteiger partial charge in [-0.2, -0.15) is 5.10 Å². The number of fused-ring (bicyclic) bond motifs is 2. The second-order valence-corrected chi connectivity index (χ2v) is 10.7. The normalized spacial score (nSPS) is 15.8. The summed E-state index contributed by atoms with van der Waals surface area (Å²) in [7, 11) is 0. The predicted octanol–water partition coefficient (Wildman–Crippen LogP) is 4.62. The van der Waals surface area contributed by atoms with Crippen LogP contribution in [0.4, 0.5) is 4.39 Å². The van der Waals surface area contributed by atoms with Crippen molar-refractivity contribution in [1.29, 1.82) is 0 Å². The molecule has 0 bridgehead atoms. The number of hydrogen-bond acceptors (Lipinski definition) is 4. The summed E-state index contributed by atoms with van der Waals surface area (Å²) >= 11 is 0. The van der Waals surface area contributed by atoms with E-state index in [1.165, 1.54) is 41.3 Å². The fourth-order valence-corrected chi connectivity index (χ4v) is 5.79. The average molecular weight is 534 g/mol. The van der Waals surface area contributed by atoms with Gasteiger partial charge >= 0.3 is 0 Å². The Kier molecular flexibility index (Phi) is 6.12. The number of aromatic nitrogens is 4. The van der Waals surface area contributed by atoms with Crippen molar-refractivity contribution >= 4 is 33.6 Å². The highest BCUT2D eigenvalue weighted by molar-refractivity contribution is 6.10. The molecule has 8 heteroatoms. The molecule has 0 radical (unpaired) electrons. The lowest BCUT2D eigenvalue weighted by Crippen LogP contribution is -2.38. The van der Waals surface area contributed by atoms with E-state index in [-0.39, 0.29) is 11.4 Å². The first-order chi connectivity index (χ1) is 19.5. The lowest BCUT2D eigenvalue weighted by atomic mass is 10.00. The van der Waals surface area contributed by atoms with Crippen molar-refractivity contribution in [3.63, 3.8) is 0 Å². The molecule has 1 N–H and O–H groups in total. The van der Waals surface area contributed by atoms with Crippen molar-refractivity contribution in [2.24, 2.45) is 0 Å². The highest BCUT2D eigenvalue weighted by Crippen LogP contribution is 2.26. The molecule has 5 aromatic rings. The Labute approximate surface area is 230 Å². The van der Waals surface area contributed by atoms with Crippen LogP contribution in [0.25, 0.3) is 33.2 Å². The standard InChI is InChI=1S/C32H30FN6O/c1-21-18-38(30-16-26(33)3-4-28(21)30)31-6-7-32(40)39(36-31)13-10-22-2-5-29-23(14-22)15-24(17-35-29)25-19-37(20-25)27-8-11-34-12-9-27/h2-7,14-20,27,34H,8-13H2,1H3/q+1. The Morgan fingerprint density at radius 1 is 1.07 bits per heavy atom. The van der Waals surface area contributed by atoms with Gasteiger partial charge in [0, 0.05) is 67.3 Å². The Morgan fingerprint density at radius 2 is 1.93 bits per heavy atom. The summed E-state index contributed by atoms with van der Waals surface area (Å²) in [5.74, 6) is 0.277. The summed E-state index contributed by atoms with van der Waals surface area (Å²) in [6.45, 7) is 4.57. The maximum atomic E-state index is 14.0. The van der Waals surface area contributed by atoms with Crippen LogP contribution in [0, 0.1) is 12.7 Å². The molecule has 3 aromatic heterocycles. The van der Waals surface area contributed by atoms with Crippen LogP contribution in [0.5, 0.6) is 0 Å². The summed E-state index contributed by atoms with van der Waals surface area (Å²) in [5.41, 5.74) is 5.96. The number of pyridine rings is 1. The molecule has 5 heterocycles. The largest absolute Gasteiger partial charge is 0.316 e. The van der Waals surface area contributed by atoms with E-state index in [4.69, 9.17) is 0 Å². The minimum atomic E-state index is -0.306. The number of hydrogen-bond donors (Lipinski definition) is 1. The molecule has 7 nitrogen and oxygen atoms in total. The Bertz CT molecular complexity index is 1890. The number of halogens is 1. The molecular formula is C32H30FN6O+. The zero-order valence-corrected chi connectivity index (χ0v) is 22.3. The molecule has 1 fully saturated rings. The minimum Gasteiger partial charge on any atom is -0.316 e. The van der Waals surface area contributed by atoms with E-state index in [9.17, 15) is 9.18 Å². The fourth-order valence-electron chi connectivity index (χ4n) is 5.79. The summed E-state index contributed by atoms with van der Waals surface area (Å²) in [6.07, 6.45) is 11.3. The summed E-state index contributed by atoms with van der Waals surface area (Å²) in [5, 5.41) is 10.1. The van der Waals surface area contributed by atoms with Gasteiger partial charge in [0.1, 0.15) is 11.4 Å². The first-order valence-corrected chi connectivity index (χ1v) is 13.8. The number of benzene rings is 2. The SMILES string of the molecule is Cc1cn(-c2ccc(=O)n(CCc3ccc4ncc(C5=C[N+](C6CCNCC6)=C5)cc4c3)n2)c2cc(F)ccc12. The van der Waals surface area contributed by atoms with Gasteiger partial charge in [-0.3, -0.25) is 14.3 Å². The highest BCUT2D eigenvalue weighted by atomic mass is 19.1. The van der Waals surface area contributed by atoms with Crippen LogP contribution in [0.1, 0.15) is 29.5 Å². The van der Waals surface area contributed by atoms with Crippen molar-refractivity contribution in [3.05, 3.63) is 106 Å². The van der Waals surface area contributed by atoms with Gasteiger partial charge in [-0.15, -0.1) is 0 Å². The van der Waals surface area contributed by atoms with Gasteiger partial charge in [-0.05, 0) is 66.9 Å². The van der Waals surface area contributed by atoms with Gasteiger partial charge in [-0.1, -0.05) is 6.07 Å². The Balaban J connectivity index is 1.11. The third-order valence-electron chi connectivity index (χ3n) is 8.06. The van der Waals surface area contributed by atoms with Crippen LogP contribution >= 0.6 is 0 Å². The number of aryl methyl sites for hydroxylation is 3. The molecule has 2 aromatic carbocycles. The van der Waals surface area contributed by atoms with Crippen LogP contribution in [-0.2, 0) is 13.0 Å². The van der Waals surface area contributed by atoms with Crippen molar-refractivity contribution in [3.8, 4) is 5.82 Å². The topological polar surface area (TPSA) is 67.8 Å². The summed E-state index contributed by atoms with van der Waals surface area (Å²) in [4.78, 5) is 17.4. The molecule has 40 heavy (non-hydrogen) atoms. The molecule has 0 unspecified atom stereocenters. The monoisotopic (exact) mass is 533 g/mol. The second kappa shape index (κ2) is 9.95. The van der Waals surface area contributed by atoms with E-state index in [1.807, 2.05) is 30.0 Å². The van der Waals surface area contributed by atoms with E-state index < -0.39 is 0 Å². The van der Waals surface area contributed by atoms with Gasteiger partial charge in [0.25, 0.3) is 5.56 Å². The molecule has 7 rings (SSSR count). The van der Waals surface area contributed by atoms with Gasteiger partial charge in [0.2, 0.25) is 0 Å². The van der Waals surface area contributed by atoms with Crippen molar-refractivity contribution < 1.29 is 8.97 Å². The fraction of sp³-hybridized carbons (Fsp3) is 0.250. The third-order valence-corrected chi connectivity index (χ3v) is 8.06. The predicted molar refractivity (Wildman–Crippen MR) is 156 cm³/mol. The number of rotatable bonds is 6. The van der Waals surface area contributed by atoms with Crippen molar-refractivity contribution in [2.45, 2.75) is 38.8 Å². The van der Waals surface area contributed by atoms with Gasteiger partial charge in [0.15, 0.2) is 24.3 Å². The van der Waals surface area contributed by atoms with Crippen LogP contribution < -0.4 is 10.9 Å². The van der Waals surface area contributed by atoms with E-state index in [0.29, 0.717) is 24.8 Å². The smallest absolute Gasteiger partial charge is 0.266 e. The molecule has 0 spiro atoms. The van der Waals surface area contributed by atoms with Gasteiger partial charge in [-0.25, -0.2) is 13.6 Å². The number of nitrogens with zero attached hydrogens (tertiary/aromatic N) is 5. The maximum Gasteiger partial charge on any atom is 0.266 e. The van der Waals surface area contributed by atoms with E-state index >= 15 is 0 Å². The van der Waals surface area contributed by atoms with Crippen LogP contribution in [0.2, 0.25) is 0 Å². The highest BCUT2D eigenvalue weighted by Gasteiger charge is 2.28. The van der Waals surface area contributed by atoms with Crippen LogP contribution in [-0.4, -0.2) is 49.3 Å². The molecular weight excluding hydrogens is 503 g/mol. The average Bonchev–Trinajstić information content (AvgIpc) is 3.27. The molecule has 0 aliphatic carbocycles. The van der Waals surface area contributed by atoms with Crippen LogP contribution in [0.15, 0.2) is 78.0 Å². The molecule has 0 atom stereocenters. The van der Waals surface area contributed by atoms with E-state index in [0.717, 1.165) is 51.6 Å². The van der Waals surface area contributed by atoms with Crippen LogP contribution in [0.3, 0.4) is 0 Å². The third kappa shape index (κ3) is 4.54. The number of nitrogens with one attached hydrogen (secondary N) is 1.